The van der Waals surface area contributed by atoms with E-state index in [0.29, 0.717) is 16.9 Å². The lowest BCUT2D eigenvalue weighted by molar-refractivity contribution is -0.384. The van der Waals surface area contributed by atoms with Crippen molar-refractivity contribution in [2.24, 2.45) is 5.92 Å². The van der Waals surface area contributed by atoms with E-state index in [9.17, 15) is 24.8 Å². The van der Waals surface area contributed by atoms with Crippen molar-refractivity contribution >= 4 is 28.9 Å². The Morgan fingerprint density at radius 2 is 1.71 bits per heavy atom. The number of nitrogens with zero attached hydrogens (tertiary/aromatic N) is 3. The summed E-state index contributed by atoms with van der Waals surface area (Å²) < 4.78 is 5.23. The fraction of sp³-hybridized carbons (Fsp3) is 0.167. The number of carbonyl (C=O) groups excluding carboxylic acids is 2. The van der Waals surface area contributed by atoms with Gasteiger partial charge in [-0.1, -0.05) is 30.3 Å². The van der Waals surface area contributed by atoms with Gasteiger partial charge in [0.2, 0.25) is 5.91 Å². The lowest BCUT2D eigenvalue weighted by Crippen LogP contribution is -2.37. The van der Waals surface area contributed by atoms with Crippen LogP contribution in [0.15, 0.2) is 72.8 Å². The lowest BCUT2D eigenvalue weighted by atomic mass is 9.90. The molecule has 3 aromatic rings. The summed E-state index contributed by atoms with van der Waals surface area (Å²) in [5, 5.41) is 22.7. The molecular weight excluding hydrogens is 442 g/mol. The topological polar surface area (TPSA) is 122 Å². The first-order chi connectivity index (χ1) is 16.4. The molecule has 10 nitrogen and oxygen atoms in total. The maximum atomic E-state index is 13.6. The number of nitro groups is 1. The Morgan fingerprint density at radius 1 is 0.971 bits per heavy atom. The zero-order chi connectivity index (χ0) is 24.0. The molecule has 2 heterocycles. The van der Waals surface area contributed by atoms with Gasteiger partial charge >= 0.3 is 0 Å². The van der Waals surface area contributed by atoms with Gasteiger partial charge in [0.25, 0.3) is 11.6 Å². The van der Waals surface area contributed by atoms with Gasteiger partial charge in [-0.05, 0) is 35.9 Å². The maximum absolute atomic E-state index is 13.6. The minimum absolute atomic E-state index is 0.0941. The summed E-state index contributed by atoms with van der Waals surface area (Å²) in [6, 6.07) is 18.1. The number of ether oxygens (including phenoxy) is 1. The summed E-state index contributed by atoms with van der Waals surface area (Å²) in [5.74, 6) is -1.82. The zero-order valence-electron chi connectivity index (χ0n) is 17.9. The second-order valence-corrected chi connectivity index (χ2v) is 7.88. The van der Waals surface area contributed by atoms with Gasteiger partial charge in [0.15, 0.2) is 17.6 Å². The molecule has 2 amide bonds. The van der Waals surface area contributed by atoms with Crippen molar-refractivity contribution in [3.8, 4) is 11.5 Å². The molecule has 172 valence electrons. The van der Waals surface area contributed by atoms with Crippen LogP contribution in [0.2, 0.25) is 0 Å². The van der Waals surface area contributed by atoms with E-state index < -0.39 is 34.8 Å². The average molecular weight is 461 g/mol. The van der Waals surface area contributed by atoms with E-state index in [1.165, 1.54) is 36.4 Å². The summed E-state index contributed by atoms with van der Waals surface area (Å²) in [6.07, 6.45) is -1.13. The van der Waals surface area contributed by atoms with Crippen LogP contribution in [0, 0.1) is 16.0 Å². The number of imide groups is 1. The second kappa shape index (κ2) is 8.16. The Labute approximate surface area is 193 Å². The molecule has 2 saturated heterocycles. The van der Waals surface area contributed by atoms with E-state index in [-0.39, 0.29) is 17.2 Å². The van der Waals surface area contributed by atoms with Gasteiger partial charge in [-0.3, -0.25) is 24.5 Å². The third-order valence-electron chi connectivity index (χ3n) is 5.97. The maximum Gasteiger partial charge on any atom is 0.271 e. The molecule has 1 N–H and O–H groups in total. The van der Waals surface area contributed by atoms with Crippen LogP contribution in [0.4, 0.5) is 17.1 Å². The zero-order valence-corrected chi connectivity index (χ0v) is 17.9. The lowest BCUT2D eigenvalue weighted by Gasteiger charge is -2.29. The number of hydroxylamine groups is 1. The normalized spacial score (nSPS) is 21.6. The number of benzene rings is 3. The van der Waals surface area contributed by atoms with Crippen molar-refractivity contribution in [3.05, 3.63) is 88.5 Å². The van der Waals surface area contributed by atoms with Crippen molar-refractivity contribution < 1.29 is 29.2 Å². The van der Waals surface area contributed by atoms with Gasteiger partial charge in [-0.2, -0.15) is 0 Å². The van der Waals surface area contributed by atoms with Crippen LogP contribution in [0.3, 0.4) is 0 Å². The number of amides is 2. The third kappa shape index (κ3) is 3.32. The quantitative estimate of drug-likeness (QED) is 0.349. The summed E-state index contributed by atoms with van der Waals surface area (Å²) >= 11 is 0. The Bertz CT molecular complexity index is 1300. The molecule has 5 rings (SSSR count). The van der Waals surface area contributed by atoms with E-state index >= 15 is 0 Å². The number of methoxy groups -OCH3 is 1. The number of phenols is 1. The number of non-ortho nitro benzene ring substituents is 1. The van der Waals surface area contributed by atoms with Gasteiger partial charge in [0, 0.05) is 12.1 Å². The first-order valence-corrected chi connectivity index (χ1v) is 10.4. The summed E-state index contributed by atoms with van der Waals surface area (Å²) in [7, 11) is 1.40. The number of rotatable bonds is 5. The minimum atomic E-state index is -1.13. The predicted molar refractivity (Wildman–Crippen MR) is 120 cm³/mol. The van der Waals surface area contributed by atoms with Crippen LogP contribution in [-0.2, 0) is 14.4 Å². The molecule has 0 spiro atoms. The number of fused-ring (bicyclic) bond motifs is 1. The van der Waals surface area contributed by atoms with E-state index in [2.05, 4.69) is 0 Å². The molecule has 2 aliphatic heterocycles. The fourth-order valence-corrected chi connectivity index (χ4v) is 4.43. The Hall–Kier alpha value is -4.44. The molecule has 3 aromatic carbocycles. The number of carbonyl (C=O) groups is 2. The second-order valence-electron chi connectivity index (χ2n) is 7.88. The van der Waals surface area contributed by atoms with Gasteiger partial charge in [0.1, 0.15) is 5.92 Å². The Morgan fingerprint density at radius 3 is 2.41 bits per heavy atom. The first-order valence-electron chi connectivity index (χ1n) is 10.4. The van der Waals surface area contributed by atoms with Crippen molar-refractivity contribution in [2.45, 2.75) is 12.1 Å². The van der Waals surface area contributed by atoms with Gasteiger partial charge < -0.3 is 9.84 Å². The fourth-order valence-electron chi connectivity index (χ4n) is 4.43. The number of aromatic hydroxyl groups is 1. The molecule has 0 aromatic heterocycles. The Kier molecular flexibility index (Phi) is 5.14. The SMILES string of the molecule is COc1cc([C@@H]2[C@H]3C(=O)N(c4ccccc4)C(=O)[C@@H]3ON2c2cccc([N+](=O)[O-])c2)ccc1O. The highest BCUT2D eigenvalue weighted by Crippen LogP contribution is 2.49. The van der Waals surface area contributed by atoms with Crippen LogP contribution < -0.4 is 14.7 Å². The standard InChI is InChI=1S/C24H19N3O7/c1-33-19-12-14(10-11-18(19)28)21-20-22(24(30)25(23(20)29)15-6-3-2-4-7-15)34-26(21)16-8-5-9-17(13-16)27(31)32/h2-13,20-22,28H,1H3/t20-,21-,22-/m1/s1. The number of hydrogen-bond donors (Lipinski definition) is 1. The third-order valence-corrected chi connectivity index (χ3v) is 5.97. The molecule has 2 aliphatic rings. The molecule has 0 saturated carbocycles. The largest absolute Gasteiger partial charge is 0.504 e. The molecule has 0 unspecified atom stereocenters. The van der Waals surface area contributed by atoms with Gasteiger partial charge in [0.05, 0.1) is 29.4 Å². The highest BCUT2D eigenvalue weighted by atomic mass is 16.7. The number of anilines is 2. The van der Waals surface area contributed by atoms with E-state index in [1.807, 2.05) is 0 Å². The highest BCUT2D eigenvalue weighted by Gasteiger charge is 2.60. The average Bonchev–Trinajstić information content (AvgIpc) is 3.36. The molecule has 2 fully saturated rings. The Balaban J connectivity index is 1.62. The first kappa shape index (κ1) is 21.4. The molecule has 0 bridgehead atoms. The van der Waals surface area contributed by atoms with Crippen molar-refractivity contribution in [2.75, 3.05) is 17.1 Å². The van der Waals surface area contributed by atoms with E-state index in [0.717, 1.165) is 4.90 Å². The molecule has 34 heavy (non-hydrogen) atoms. The van der Waals surface area contributed by atoms with Crippen LogP contribution in [0.1, 0.15) is 11.6 Å². The summed E-state index contributed by atoms with van der Waals surface area (Å²) in [4.78, 5) is 44.7. The molecule has 0 aliphatic carbocycles. The number of phenolic OH excluding ortho intramolecular Hbond substituents is 1. The summed E-state index contributed by atoms with van der Waals surface area (Å²) in [5.41, 5.74) is 1.11. The molecular formula is C24H19N3O7. The van der Waals surface area contributed by atoms with Crippen LogP contribution >= 0.6 is 0 Å². The number of hydrogen-bond acceptors (Lipinski definition) is 8. The van der Waals surface area contributed by atoms with Crippen molar-refractivity contribution in [1.29, 1.82) is 0 Å². The van der Waals surface area contributed by atoms with Crippen LogP contribution in [0.5, 0.6) is 11.5 Å². The van der Waals surface area contributed by atoms with Crippen molar-refractivity contribution in [3.63, 3.8) is 0 Å². The van der Waals surface area contributed by atoms with Crippen LogP contribution in [-0.4, -0.2) is 35.1 Å². The smallest absolute Gasteiger partial charge is 0.271 e. The number of nitro benzene ring substituents is 1. The summed E-state index contributed by atoms with van der Waals surface area (Å²) in [6.45, 7) is 0. The molecule has 3 atom stereocenters. The predicted octanol–water partition coefficient (Wildman–Crippen LogP) is 3.36. The highest BCUT2D eigenvalue weighted by molar-refractivity contribution is 6.23. The van der Waals surface area contributed by atoms with E-state index in [4.69, 9.17) is 9.57 Å². The molecule has 10 heteroatoms. The van der Waals surface area contributed by atoms with Crippen molar-refractivity contribution in [1.82, 2.24) is 0 Å². The monoisotopic (exact) mass is 461 g/mol. The van der Waals surface area contributed by atoms with Gasteiger partial charge in [-0.15, -0.1) is 0 Å². The molecule has 0 radical (unpaired) electrons. The van der Waals surface area contributed by atoms with Crippen LogP contribution in [0.25, 0.3) is 0 Å². The number of para-hydroxylation sites is 1. The van der Waals surface area contributed by atoms with Gasteiger partial charge in [-0.25, -0.2) is 9.96 Å². The minimum Gasteiger partial charge on any atom is -0.504 e. The van der Waals surface area contributed by atoms with E-state index in [1.54, 1.807) is 48.5 Å².